The van der Waals surface area contributed by atoms with E-state index in [1.807, 2.05) is 52.8 Å². The minimum Gasteiger partial charge on any atom is -0.444 e. The van der Waals surface area contributed by atoms with Crippen LogP contribution in [0.4, 0.5) is 4.79 Å². The summed E-state index contributed by atoms with van der Waals surface area (Å²) in [5.74, 6) is 0.821. The lowest BCUT2D eigenvalue weighted by molar-refractivity contribution is -0.106. The first-order valence-electron chi connectivity index (χ1n) is 13.6. The van der Waals surface area contributed by atoms with Gasteiger partial charge in [-0.15, -0.1) is 0 Å². The van der Waals surface area contributed by atoms with Crippen molar-refractivity contribution >= 4 is 6.09 Å². The fourth-order valence-electron chi connectivity index (χ4n) is 5.71. The van der Waals surface area contributed by atoms with E-state index in [0.717, 1.165) is 19.5 Å². The second-order valence-corrected chi connectivity index (χ2v) is 12.2. The molecule has 4 atom stereocenters. The van der Waals surface area contributed by atoms with Crippen LogP contribution in [0.25, 0.3) is 0 Å². The Balaban J connectivity index is 1.67. The van der Waals surface area contributed by atoms with Crippen LogP contribution in [0.1, 0.15) is 92.1 Å². The van der Waals surface area contributed by atoms with Crippen molar-refractivity contribution < 1.29 is 19.4 Å². The van der Waals surface area contributed by atoms with Crippen molar-refractivity contribution in [2.45, 2.75) is 123 Å². The highest BCUT2D eigenvalue weighted by Crippen LogP contribution is 2.41. The van der Waals surface area contributed by atoms with Crippen LogP contribution in [0.5, 0.6) is 0 Å². The summed E-state index contributed by atoms with van der Waals surface area (Å²) in [6, 6.07) is 10.2. The Morgan fingerprint density at radius 2 is 1.86 bits per heavy atom. The van der Waals surface area contributed by atoms with Gasteiger partial charge in [0, 0.05) is 6.54 Å². The molecule has 0 bridgehead atoms. The van der Waals surface area contributed by atoms with Gasteiger partial charge < -0.3 is 19.9 Å². The van der Waals surface area contributed by atoms with Crippen LogP contribution < -0.4 is 5.32 Å². The summed E-state index contributed by atoms with van der Waals surface area (Å²) < 4.78 is 12.2. The van der Waals surface area contributed by atoms with Crippen LogP contribution in [0, 0.1) is 11.8 Å². The SMILES string of the molecule is CC(CNCc1ccccc1)CC(O)[C@H]1OC(C)(C)N(C(=O)OC(C)(C)C)[C@H]1CC1CCCCC1. The number of aliphatic hydroxyl groups excluding tert-OH is 1. The van der Waals surface area contributed by atoms with Gasteiger partial charge in [0.2, 0.25) is 0 Å². The molecule has 35 heavy (non-hydrogen) atoms. The molecule has 2 fully saturated rings. The van der Waals surface area contributed by atoms with Crippen LogP contribution in [-0.4, -0.2) is 52.2 Å². The monoisotopic (exact) mass is 488 g/mol. The first-order chi connectivity index (χ1) is 16.5. The van der Waals surface area contributed by atoms with Gasteiger partial charge >= 0.3 is 6.09 Å². The van der Waals surface area contributed by atoms with Crippen molar-refractivity contribution in [2.75, 3.05) is 6.54 Å². The Bertz CT molecular complexity index is 786. The Morgan fingerprint density at radius 3 is 2.49 bits per heavy atom. The average molecular weight is 489 g/mol. The summed E-state index contributed by atoms with van der Waals surface area (Å²) in [4.78, 5) is 15.1. The largest absolute Gasteiger partial charge is 0.444 e. The van der Waals surface area contributed by atoms with Gasteiger partial charge in [-0.05, 0) is 71.4 Å². The molecule has 1 aliphatic carbocycles. The van der Waals surface area contributed by atoms with E-state index in [4.69, 9.17) is 9.47 Å². The van der Waals surface area contributed by atoms with Crippen molar-refractivity contribution in [3.05, 3.63) is 35.9 Å². The van der Waals surface area contributed by atoms with Crippen molar-refractivity contribution in [1.29, 1.82) is 0 Å². The first kappa shape index (κ1) is 27.9. The summed E-state index contributed by atoms with van der Waals surface area (Å²) in [5, 5.41) is 14.9. The summed E-state index contributed by atoms with van der Waals surface area (Å²) in [6.45, 7) is 13.3. The summed E-state index contributed by atoms with van der Waals surface area (Å²) in [6.07, 6.45) is 6.19. The standard InChI is InChI=1S/C29H48N2O4/c1-21(19-30-20-23-15-11-8-12-16-23)17-25(32)26-24(18-22-13-9-7-10-14-22)31(29(5,6)34-26)27(33)35-28(2,3)4/h8,11-12,15-16,21-22,24-26,30,32H,7,9-10,13-14,17-20H2,1-6H3/t21?,24-,25?,26-/m0/s1. The Kier molecular flexibility index (Phi) is 9.64. The van der Waals surface area contributed by atoms with Crippen LogP contribution in [0.15, 0.2) is 30.3 Å². The number of nitrogens with zero attached hydrogens (tertiary/aromatic N) is 1. The number of amides is 1. The van der Waals surface area contributed by atoms with E-state index in [1.165, 1.54) is 37.7 Å². The zero-order chi connectivity index (χ0) is 25.6. The van der Waals surface area contributed by atoms with Crippen molar-refractivity contribution in [3.8, 4) is 0 Å². The van der Waals surface area contributed by atoms with Gasteiger partial charge in [-0.2, -0.15) is 0 Å². The third-order valence-electron chi connectivity index (χ3n) is 7.29. The number of nitrogens with one attached hydrogen (secondary N) is 1. The molecule has 0 spiro atoms. The van der Waals surface area contributed by atoms with Gasteiger partial charge in [-0.3, -0.25) is 4.90 Å². The van der Waals surface area contributed by atoms with Gasteiger partial charge in [0.15, 0.2) is 0 Å². The first-order valence-corrected chi connectivity index (χ1v) is 13.6. The molecule has 1 saturated heterocycles. The smallest absolute Gasteiger partial charge is 0.412 e. The van der Waals surface area contributed by atoms with Crippen molar-refractivity contribution in [2.24, 2.45) is 11.8 Å². The molecule has 2 N–H and O–H groups in total. The number of ether oxygens (including phenoxy) is 2. The Morgan fingerprint density at radius 1 is 1.20 bits per heavy atom. The second-order valence-electron chi connectivity index (χ2n) is 12.2. The predicted molar refractivity (Wildman–Crippen MR) is 140 cm³/mol. The second kappa shape index (κ2) is 12.1. The topological polar surface area (TPSA) is 71.0 Å². The predicted octanol–water partition coefficient (Wildman–Crippen LogP) is 5.87. The molecular weight excluding hydrogens is 440 g/mol. The summed E-state index contributed by atoms with van der Waals surface area (Å²) in [7, 11) is 0. The van der Waals surface area contributed by atoms with E-state index < -0.39 is 23.5 Å². The highest BCUT2D eigenvalue weighted by Gasteiger charge is 2.53. The van der Waals surface area contributed by atoms with E-state index >= 15 is 0 Å². The number of rotatable bonds is 9. The maximum atomic E-state index is 13.3. The van der Waals surface area contributed by atoms with Crippen LogP contribution in [0.3, 0.4) is 0 Å². The van der Waals surface area contributed by atoms with E-state index in [-0.39, 0.29) is 18.1 Å². The fourth-order valence-corrected chi connectivity index (χ4v) is 5.71. The zero-order valence-corrected chi connectivity index (χ0v) is 22.8. The van der Waals surface area contributed by atoms with E-state index in [0.29, 0.717) is 12.3 Å². The van der Waals surface area contributed by atoms with Crippen molar-refractivity contribution in [1.82, 2.24) is 10.2 Å². The number of carbonyl (C=O) groups excluding carboxylic acids is 1. The molecule has 1 heterocycles. The Labute approximate surface area is 212 Å². The van der Waals surface area contributed by atoms with Gasteiger partial charge in [0.05, 0.1) is 12.1 Å². The lowest BCUT2D eigenvalue weighted by Gasteiger charge is -2.37. The lowest BCUT2D eigenvalue weighted by atomic mass is 9.82. The molecule has 1 saturated carbocycles. The van der Waals surface area contributed by atoms with Gasteiger partial charge in [-0.1, -0.05) is 69.4 Å². The van der Waals surface area contributed by atoms with Crippen molar-refractivity contribution in [3.63, 3.8) is 0 Å². The minimum atomic E-state index is -0.831. The molecule has 6 nitrogen and oxygen atoms in total. The molecule has 6 heteroatoms. The molecule has 3 rings (SSSR count). The number of carbonyl (C=O) groups is 1. The molecule has 2 aliphatic rings. The number of benzene rings is 1. The van der Waals surface area contributed by atoms with Gasteiger partial charge in [-0.25, -0.2) is 4.79 Å². The normalized spacial score (nSPS) is 24.8. The summed E-state index contributed by atoms with van der Waals surface area (Å²) in [5.41, 5.74) is -0.165. The van der Waals surface area contributed by atoms with E-state index in [1.54, 1.807) is 4.90 Å². The molecule has 0 aromatic heterocycles. The van der Waals surface area contributed by atoms with Gasteiger partial charge in [0.25, 0.3) is 0 Å². The highest BCUT2D eigenvalue weighted by atomic mass is 16.6. The number of hydrogen-bond acceptors (Lipinski definition) is 5. The molecule has 1 aliphatic heterocycles. The van der Waals surface area contributed by atoms with Crippen LogP contribution >= 0.6 is 0 Å². The molecule has 1 aromatic rings. The Hall–Kier alpha value is -1.63. The molecule has 1 aromatic carbocycles. The van der Waals surface area contributed by atoms with E-state index in [2.05, 4.69) is 24.4 Å². The third-order valence-corrected chi connectivity index (χ3v) is 7.29. The van der Waals surface area contributed by atoms with Gasteiger partial charge in [0.1, 0.15) is 17.4 Å². The molecule has 198 valence electrons. The fraction of sp³-hybridized carbons (Fsp3) is 0.759. The van der Waals surface area contributed by atoms with E-state index in [9.17, 15) is 9.90 Å². The number of hydrogen-bond donors (Lipinski definition) is 2. The molecular formula is C29H48N2O4. The maximum Gasteiger partial charge on any atom is 0.412 e. The minimum absolute atomic E-state index is 0.192. The quantitative estimate of drug-likeness (QED) is 0.455. The molecule has 2 unspecified atom stereocenters. The number of aliphatic hydroxyl groups is 1. The highest BCUT2D eigenvalue weighted by molar-refractivity contribution is 5.70. The molecule has 1 amide bonds. The third kappa shape index (κ3) is 8.19. The van der Waals surface area contributed by atoms with Crippen LogP contribution in [-0.2, 0) is 16.0 Å². The zero-order valence-electron chi connectivity index (χ0n) is 22.8. The molecule has 0 radical (unpaired) electrons. The lowest BCUT2D eigenvalue weighted by Crippen LogP contribution is -2.51. The summed E-state index contributed by atoms with van der Waals surface area (Å²) >= 11 is 0. The maximum absolute atomic E-state index is 13.3. The van der Waals surface area contributed by atoms with Crippen LogP contribution in [0.2, 0.25) is 0 Å². The average Bonchev–Trinajstić information content (AvgIpc) is 3.04.